The fraction of sp³-hybridized carbons (Fsp3) is 0.900. The third-order valence-corrected chi connectivity index (χ3v) is 3.02. The van der Waals surface area contributed by atoms with Gasteiger partial charge in [0.2, 0.25) is 0 Å². The van der Waals surface area contributed by atoms with Crippen molar-refractivity contribution in [3.05, 3.63) is 0 Å². The van der Waals surface area contributed by atoms with Crippen LogP contribution < -0.4 is 5.73 Å². The Morgan fingerprint density at radius 2 is 2.29 bits per heavy atom. The third kappa shape index (κ3) is 2.25. The maximum absolute atomic E-state index is 11.9. The van der Waals surface area contributed by atoms with Crippen LogP contribution in [-0.2, 0) is 9.63 Å². The highest BCUT2D eigenvalue weighted by Crippen LogP contribution is 2.31. The quantitative estimate of drug-likeness (QED) is 0.674. The van der Waals surface area contributed by atoms with E-state index in [4.69, 9.17) is 10.6 Å². The molecule has 0 aromatic rings. The second-order valence-corrected chi connectivity index (χ2v) is 4.34. The van der Waals surface area contributed by atoms with Crippen molar-refractivity contribution in [2.24, 2.45) is 11.7 Å². The molecular weight excluding hydrogens is 180 g/mol. The number of hydrogen-bond donors (Lipinski definition) is 1. The Labute approximate surface area is 85.3 Å². The molecule has 2 atom stereocenters. The summed E-state index contributed by atoms with van der Waals surface area (Å²) in [6, 6.07) is 0. The molecule has 4 heteroatoms. The van der Waals surface area contributed by atoms with E-state index in [0.29, 0.717) is 5.92 Å². The molecule has 1 aliphatic rings. The molecule has 0 bridgehead atoms. The maximum atomic E-state index is 11.9. The van der Waals surface area contributed by atoms with Crippen molar-refractivity contribution in [2.45, 2.75) is 38.1 Å². The van der Waals surface area contributed by atoms with Gasteiger partial charge in [-0.25, -0.2) is 5.06 Å². The molecule has 1 rings (SSSR count). The largest absolute Gasteiger partial charge is 0.317 e. The molecule has 0 aliphatic heterocycles. The summed E-state index contributed by atoms with van der Waals surface area (Å²) in [5.41, 5.74) is 5.39. The molecule has 2 unspecified atom stereocenters. The zero-order valence-electron chi connectivity index (χ0n) is 9.25. The minimum atomic E-state index is -0.706. The van der Waals surface area contributed by atoms with Gasteiger partial charge in [0.1, 0.15) is 0 Å². The second kappa shape index (κ2) is 4.28. The molecule has 0 spiro atoms. The van der Waals surface area contributed by atoms with Gasteiger partial charge >= 0.3 is 0 Å². The van der Waals surface area contributed by atoms with Crippen LogP contribution in [0.15, 0.2) is 0 Å². The molecule has 82 valence electrons. The number of rotatable bonds is 2. The van der Waals surface area contributed by atoms with Crippen molar-refractivity contribution in [1.82, 2.24) is 5.06 Å². The van der Waals surface area contributed by atoms with E-state index in [1.54, 1.807) is 7.05 Å². The molecule has 4 nitrogen and oxygen atoms in total. The fourth-order valence-electron chi connectivity index (χ4n) is 2.18. The minimum Gasteiger partial charge on any atom is -0.317 e. The first-order valence-corrected chi connectivity index (χ1v) is 5.11. The summed E-state index contributed by atoms with van der Waals surface area (Å²) in [6.45, 7) is 2.14. The number of hydrogen-bond acceptors (Lipinski definition) is 3. The maximum Gasteiger partial charge on any atom is 0.265 e. The Morgan fingerprint density at radius 1 is 1.64 bits per heavy atom. The molecule has 14 heavy (non-hydrogen) atoms. The second-order valence-electron chi connectivity index (χ2n) is 4.34. The summed E-state index contributed by atoms with van der Waals surface area (Å²) >= 11 is 0. The number of carbonyl (C=O) groups is 1. The van der Waals surface area contributed by atoms with Crippen molar-refractivity contribution in [1.29, 1.82) is 0 Å². The van der Waals surface area contributed by atoms with Crippen LogP contribution in [0.25, 0.3) is 0 Å². The lowest BCUT2D eigenvalue weighted by atomic mass is 9.76. The van der Waals surface area contributed by atoms with Gasteiger partial charge in [-0.1, -0.05) is 19.8 Å². The van der Waals surface area contributed by atoms with Crippen molar-refractivity contribution in [3.63, 3.8) is 0 Å². The van der Waals surface area contributed by atoms with Gasteiger partial charge in [-0.05, 0) is 18.8 Å². The lowest BCUT2D eigenvalue weighted by molar-refractivity contribution is -0.176. The lowest BCUT2D eigenvalue weighted by Crippen LogP contribution is -2.56. The third-order valence-electron chi connectivity index (χ3n) is 3.02. The van der Waals surface area contributed by atoms with Gasteiger partial charge in [0.05, 0.1) is 12.6 Å². The summed E-state index contributed by atoms with van der Waals surface area (Å²) < 4.78 is 0. The Morgan fingerprint density at radius 3 is 2.79 bits per heavy atom. The van der Waals surface area contributed by atoms with E-state index in [0.717, 1.165) is 19.3 Å². The van der Waals surface area contributed by atoms with Crippen molar-refractivity contribution < 1.29 is 9.63 Å². The number of carbonyl (C=O) groups excluding carboxylic acids is 1. The van der Waals surface area contributed by atoms with Gasteiger partial charge in [-0.2, -0.15) is 0 Å². The predicted octanol–water partition coefficient (Wildman–Crippen LogP) is 0.914. The molecule has 1 fully saturated rings. The Kier molecular flexibility index (Phi) is 3.50. The molecule has 1 amide bonds. The standard InChI is InChI=1S/C10H20N2O2/c1-8-5-4-6-10(11,7-8)9(13)12(2)14-3/h8H,4-7,11H2,1-3H3. The van der Waals surface area contributed by atoms with Gasteiger partial charge in [0, 0.05) is 7.05 Å². The lowest BCUT2D eigenvalue weighted by Gasteiger charge is -2.37. The molecule has 0 saturated heterocycles. The molecule has 0 heterocycles. The molecule has 0 aromatic heterocycles. The Bertz CT molecular complexity index is 220. The van der Waals surface area contributed by atoms with E-state index in [9.17, 15) is 4.79 Å². The average Bonchev–Trinajstić information content (AvgIpc) is 2.15. The Hall–Kier alpha value is -0.610. The van der Waals surface area contributed by atoms with Gasteiger partial charge < -0.3 is 5.73 Å². The summed E-state index contributed by atoms with van der Waals surface area (Å²) in [7, 11) is 3.09. The van der Waals surface area contributed by atoms with Crippen LogP contribution in [0.5, 0.6) is 0 Å². The van der Waals surface area contributed by atoms with E-state index in [-0.39, 0.29) is 5.91 Å². The average molecular weight is 200 g/mol. The highest BCUT2D eigenvalue weighted by molar-refractivity contribution is 5.85. The number of hydroxylamine groups is 2. The van der Waals surface area contributed by atoms with Crippen molar-refractivity contribution in [3.8, 4) is 0 Å². The minimum absolute atomic E-state index is 0.105. The van der Waals surface area contributed by atoms with Crippen LogP contribution in [0.2, 0.25) is 0 Å². The monoisotopic (exact) mass is 200 g/mol. The van der Waals surface area contributed by atoms with Gasteiger partial charge in [-0.3, -0.25) is 9.63 Å². The molecular formula is C10H20N2O2. The zero-order chi connectivity index (χ0) is 10.8. The summed E-state index contributed by atoms with van der Waals surface area (Å²) in [4.78, 5) is 16.7. The number of nitrogens with two attached hydrogens (primary N) is 1. The van der Waals surface area contributed by atoms with Gasteiger partial charge in [0.15, 0.2) is 0 Å². The van der Waals surface area contributed by atoms with Crippen LogP contribution >= 0.6 is 0 Å². The van der Waals surface area contributed by atoms with Gasteiger partial charge in [0.25, 0.3) is 5.91 Å². The molecule has 2 N–H and O–H groups in total. The number of nitrogens with zero attached hydrogens (tertiary/aromatic N) is 1. The van der Waals surface area contributed by atoms with E-state index in [1.807, 2.05) is 0 Å². The summed E-state index contributed by atoms with van der Waals surface area (Å²) in [6.07, 6.45) is 3.73. The van der Waals surface area contributed by atoms with E-state index < -0.39 is 5.54 Å². The highest BCUT2D eigenvalue weighted by atomic mass is 16.7. The highest BCUT2D eigenvalue weighted by Gasteiger charge is 2.39. The van der Waals surface area contributed by atoms with E-state index in [2.05, 4.69) is 6.92 Å². The molecule has 0 radical (unpaired) electrons. The van der Waals surface area contributed by atoms with Crippen LogP contribution in [0, 0.1) is 5.92 Å². The number of amides is 1. The molecule has 1 saturated carbocycles. The zero-order valence-corrected chi connectivity index (χ0v) is 9.25. The first kappa shape index (κ1) is 11.5. The SMILES string of the molecule is CON(C)C(=O)C1(N)CCCC(C)C1. The molecule has 0 aromatic carbocycles. The van der Waals surface area contributed by atoms with Crippen LogP contribution in [-0.4, -0.2) is 30.7 Å². The fourth-order valence-corrected chi connectivity index (χ4v) is 2.18. The Balaban J connectivity index is 2.68. The first-order valence-electron chi connectivity index (χ1n) is 5.11. The predicted molar refractivity (Wildman–Crippen MR) is 54.3 cm³/mol. The van der Waals surface area contributed by atoms with Crippen LogP contribution in [0.3, 0.4) is 0 Å². The first-order chi connectivity index (χ1) is 6.49. The van der Waals surface area contributed by atoms with E-state index >= 15 is 0 Å². The van der Waals surface area contributed by atoms with Gasteiger partial charge in [-0.15, -0.1) is 0 Å². The van der Waals surface area contributed by atoms with Crippen molar-refractivity contribution >= 4 is 5.91 Å². The van der Waals surface area contributed by atoms with E-state index in [1.165, 1.54) is 18.6 Å². The molecule has 1 aliphatic carbocycles. The summed E-state index contributed by atoms with van der Waals surface area (Å²) in [5.74, 6) is 0.425. The van der Waals surface area contributed by atoms with Crippen molar-refractivity contribution in [2.75, 3.05) is 14.2 Å². The normalized spacial score (nSPS) is 32.7. The van der Waals surface area contributed by atoms with Crippen LogP contribution in [0.4, 0.5) is 0 Å². The summed E-state index contributed by atoms with van der Waals surface area (Å²) in [5, 5.41) is 1.23. The topological polar surface area (TPSA) is 55.6 Å². The number of likely N-dealkylation sites (N-methyl/N-ethyl adjacent to an activating group) is 1. The van der Waals surface area contributed by atoms with Crippen LogP contribution in [0.1, 0.15) is 32.6 Å². The smallest absolute Gasteiger partial charge is 0.265 e.